The van der Waals surface area contributed by atoms with E-state index in [-0.39, 0.29) is 22.7 Å². The number of carbonyl (C=O) groups excluding carboxylic acids is 1. The van der Waals surface area contributed by atoms with Crippen LogP contribution < -0.4 is 11.5 Å². The number of nitrogens with zero attached hydrogens (tertiary/aromatic N) is 3. The van der Waals surface area contributed by atoms with Gasteiger partial charge in [0.15, 0.2) is 0 Å². The van der Waals surface area contributed by atoms with Crippen LogP contribution in [0.5, 0.6) is 0 Å². The highest BCUT2D eigenvalue weighted by molar-refractivity contribution is 8.00. The molecule has 0 aliphatic carbocycles. The average molecular weight is 247 g/mol. The summed E-state index contributed by atoms with van der Waals surface area (Å²) in [4.78, 5) is 14.6. The summed E-state index contributed by atoms with van der Waals surface area (Å²) in [6.07, 6.45) is 0. The molecule has 17 heavy (non-hydrogen) atoms. The molecular formula is C10H9N5OS. The van der Waals surface area contributed by atoms with Crippen LogP contribution in [0.2, 0.25) is 0 Å². The van der Waals surface area contributed by atoms with Gasteiger partial charge in [0.2, 0.25) is 5.91 Å². The number of carbonyl (C=O) groups is 1. The Labute approximate surface area is 102 Å². The van der Waals surface area contributed by atoms with Crippen molar-refractivity contribution < 1.29 is 4.79 Å². The zero-order valence-corrected chi connectivity index (χ0v) is 9.84. The highest BCUT2D eigenvalue weighted by atomic mass is 32.2. The molecule has 0 spiro atoms. The molecule has 0 saturated heterocycles. The number of hydrogen-bond acceptors (Lipinski definition) is 6. The van der Waals surface area contributed by atoms with Crippen molar-refractivity contribution in [2.24, 2.45) is 5.73 Å². The molecule has 0 aliphatic rings. The maximum Gasteiger partial charge on any atom is 0.227 e. The van der Waals surface area contributed by atoms with Crippen molar-refractivity contribution in [3.63, 3.8) is 0 Å². The first kappa shape index (κ1) is 12.8. The summed E-state index contributed by atoms with van der Waals surface area (Å²) in [5, 5.41) is 18.2. The third-order valence-electron chi connectivity index (χ3n) is 2.02. The first-order valence-electron chi connectivity index (χ1n) is 4.52. The molecule has 0 aliphatic heterocycles. The van der Waals surface area contributed by atoms with E-state index in [1.54, 1.807) is 6.92 Å². The molecule has 4 N–H and O–H groups in total. The summed E-state index contributed by atoms with van der Waals surface area (Å²) in [5.74, 6) is -0.454. The minimum atomic E-state index is -0.513. The predicted octanol–water partition coefficient (Wildman–Crippen LogP) is 0.293. The van der Waals surface area contributed by atoms with Gasteiger partial charge in [0, 0.05) is 0 Å². The zero-order chi connectivity index (χ0) is 13.0. The molecule has 1 heterocycles. The van der Waals surface area contributed by atoms with Crippen LogP contribution in [-0.4, -0.2) is 16.6 Å². The van der Waals surface area contributed by atoms with Crippen LogP contribution in [0.3, 0.4) is 0 Å². The highest BCUT2D eigenvalue weighted by Gasteiger charge is 2.16. The molecule has 0 radical (unpaired) electrons. The van der Waals surface area contributed by atoms with Gasteiger partial charge in [0.25, 0.3) is 0 Å². The van der Waals surface area contributed by atoms with Gasteiger partial charge in [-0.15, -0.1) is 0 Å². The van der Waals surface area contributed by atoms with Crippen LogP contribution in [-0.2, 0) is 4.79 Å². The second-order valence-electron chi connectivity index (χ2n) is 3.16. The minimum absolute atomic E-state index is 0.00641. The molecule has 0 atom stereocenters. The number of anilines is 1. The first-order valence-corrected chi connectivity index (χ1v) is 5.51. The predicted molar refractivity (Wildman–Crippen MR) is 62.7 cm³/mol. The van der Waals surface area contributed by atoms with Gasteiger partial charge >= 0.3 is 0 Å². The van der Waals surface area contributed by atoms with Crippen LogP contribution in [0.25, 0.3) is 0 Å². The van der Waals surface area contributed by atoms with Crippen molar-refractivity contribution in [2.75, 3.05) is 11.5 Å². The molecule has 1 amide bonds. The van der Waals surface area contributed by atoms with Crippen molar-refractivity contribution >= 4 is 23.5 Å². The largest absolute Gasteiger partial charge is 0.383 e. The normalized spacial score (nSPS) is 9.35. The Morgan fingerprint density at radius 3 is 2.47 bits per heavy atom. The van der Waals surface area contributed by atoms with E-state index >= 15 is 0 Å². The van der Waals surface area contributed by atoms with Gasteiger partial charge in [-0.2, -0.15) is 10.5 Å². The Hall–Kier alpha value is -2.25. The molecular weight excluding hydrogens is 238 g/mol. The lowest BCUT2D eigenvalue weighted by Gasteiger charge is -2.08. The van der Waals surface area contributed by atoms with Crippen molar-refractivity contribution in [3.8, 4) is 12.1 Å². The molecule has 0 fully saturated rings. The van der Waals surface area contributed by atoms with Gasteiger partial charge in [-0.25, -0.2) is 4.98 Å². The van der Waals surface area contributed by atoms with E-state index in [4.69, 9.17) is 22.0 Å². The van der Waals surface area contributed by atoms with E-state index in [1.165, 1.54) is 0 Å². The van der Waals surface area contributed by atoms with E-state index in [0.717, 1.165) is 11.8 Å². The van der Waals surface area contributed by atoms with Gasteiger partial charge in [0.05, 0.1) is 16.9 Å². The Kier molecular flexibility index (Phi) is 3.91. The number of primary amides is 1. The topological polar surface area (TPSA) is 130 Å². The minimum Gasteiger partial charge on any atom is -0.383 e. The lowest BCUT2D eigenvalue weighted by Crippen LogP contribution is -2.13. The first-order chi connectivity index (χ1) is 8.01. The van der Waals surface area contributed by atoms with E-state index in [1.807, 2.05) is 12.1 Å². The molecule has 0 saturated carbocycles. The van der Waals surface area contributed by atoms with Crippen LogP contribution in [0, 0.1) is 29.6 Å². The van der Waals surface area contributed by atoms with Crippen LogP contribution in [0.1, 0.15) is 16.7 Å². The maximum absolute atomic E-state index is 10.7. The van der Waals surface area contributed by atoms with Crippen molar-refractivity contribution in [2.45, 2.75) is 11.9 Å². The van der Waals surface area contributed by atoms with Crippen molar-refractivity contribution in [3.05, 3.63) is 16.7 Å². The third kappa shape index (κ3) is 2.65. The van der Waals surface area contributed by atoms with E-state index in [0.29, 0.717) is 10.6 Å². The van der Waals surface area contributed by atoms with Crippen molar-refractivity contribution in [1.82, 2.24) is 4.98 Å². The zero-order valence-electron chi connectivity index (χ0n) is 9.02. The fourth-order valence-corrected chi connectivity index (χ4v) is 2.00. The maximum atomic E-state index is 10.7. The van der Waals surface area contributed by atoms with Crippen LogP contribution >= 0.6 is 11.8 Å². The third-order valence-corrected chi connectivity index (χ3v) is 3.01. The SMILES string of the molecule is Cc1c(C#N)c(N)nc(SCC(N)=O)c1C#N. The van der Waals surface area contributed by atoms with Gasteiger partial charge in [-0.3, -0.25) is 4.79 Å². The number of nitrogens with two attached hydrogens (primary N) is 2. The lowest BCUT2D eigenvalue weighted by molar-refractivity contribution is -0.115. The van der Waals surface area contributed by atoms with E-state index in [9.17, 15) is 4.79 Å². The Morgan fingerprint density at radius 2 is 2.00 bits per heavy atom. The number of hydrogen-bond donors (Lipinski definition) is 2. The number of nitrogen functional groups attached to an aromatic ring is 1. The fourth-order valence-electron chi connectivity index (χ4n) is 1.22. The summed E-state index contributed by atoms with van der Waals surface area (Å²) in [5.41, 5.74) is 11.5. The summed E-state index contributed by atoms with van der Waals surface area (Å²) in [7, 11) is 0. The number of nitriles is 2. The van der Waals surface area contributed by atoms with E-state index in [2.05, 4.69) is 4.98 Å². The molecule has 6 nitrogen and oxygen atoms in total. The lowest BCUT2D eigenvalue weighted by atomic mass is 10.1. The van der Waals surface area contributed by atoms with Crippen molar-refractivity contribution in [1.29, 1.82) is 10.5 Å². The van der Waals surface area contributed by atoms with Crippen LogP contribution in [0.15, 0.2) is 5.03 Å². The number of rotatable bonds is 3. The molecule has 1 aromatic heterocycles. The second-order valence-corrected chi connectivity index (χ2v) is 4.12. The highest BCUT2D eigenvalue weighted by Crippen LogP contribution is 2.27. The Balaban J connectivity index is 3.29. The number of amides is 1. The second kappa shape index (κ2) is 5.19. The molecule has 1 aromatic rings. The Bertz CT molecular complexity index is 555. The number of aromatic nitrogens is 1. The van der Waals surface area contributed by atoms with Gasteiger partial charge in [-0.1, -0.05) is 11.8 Å². The average Bonchev–Trinajstić information content (AvgIpc) is 2.26. The molecule has 1 rings (SSSR count). The molecule has 0 bridgehead atoms. The molecule has 0 unspecified atom stereocenters. The smallest absolute Gasteiger partial charge is 0.227 e. The fraction of sp³-hybridized carbons (Fsp3) is 0.200. The molecule has 0 aromatic carbocycles. The summed E-state index contributed by atoms with van der Waals surface area (Å²) in [6.45, 7) is 1.61. The monoisotopic (exact) mass is 247 g/mol. The quantitative estimate of drug-likeness (QED) is 0.738. The number of pyridine rings is 1. The Morgan fingerprint density at radius 1 is 1.41 bits per heavy atom. The van der Waals surface area contributed by atoms with Crippen LogP contribution in [0.4, 0.5) is 5.82 Å². The number of thioether (sulfide) groups is 1. The summed E-state index contributed by atoms with van der Waals surface area (Å²) < 4.78 is 0. The summed E-state index contributed by atoms with van der Waals surface area (Å²) >= 11 is 1.03. The van der Waals surface area contributed by atoms with Gasteiger partial charge in [-0.05, 0) is 12.5 Å². The standard InChI is InChI=1S/C10H9N5OS/c1-5-6(2-11)9(14)15-10(7(5)3-12)17-4-8(13)16/h4H2,1H3,(H2,13,16)(H2,14,15). The van der Waals surface area contributed by atoms with E-state index < -0.39 is 5.91 Å². The molecule has 7 heteroatoms. The van der Waals surface area contributed by atoms with Gasteiger partial charge in [0.1, 0.15) is 23.0 Å². The van der Waals surface area contributed by atoms with Gasteiger partial charge < -0.3 is 11.5 Å². The summed E-state index contributed by atoms with van der Waals surface area (Å²) in [6, 6.07) is 3.84. The molecule has 86 valence electrons.